The standard InChI is InChI=1S/C28H44N2O21/c31-7-10-17(37)20(40)22(42)26(47-10)46-9-12-19(39)25(50-28-23(43)21(41)18(38)11(8-32)48-28)24(44)27(49-12)45-6-5-29-13(33)1-4-16(36)51-30-14(34)2-3-15(30)35/h10-12,17-28,31-32,37-44H,1-9H2,(H,29,33)/t10-,11-,12-,17-,18-,19-,20+,21+,22+,23+,24+,25+,26+,27-,28-/m1/s1. The summed E-state index contributed by atoms with van der Waals surface area (Å²) in [6.07, 6.45) is -26.8. The third-order valence-corrected chi connectivity index (χ3v) is 8.52. The SMILES string of the molecule is O=C(CCC(=O)ON1C(=O)CCC1=O)NCCO[C@@H]1O[C@H](CO[C@H]2O[C@H](CO)[C@@H](O)[C@H](O)[C@@H]2O)[C@@H](O)[C@H](O[C@H]2O[C@H](CO)[C@@H](O)[C@H](O)[C@@H]2O)[C@@H]1O. The molecule has 4 saturated heterocycles. The fraction of sp³-hybridized carbons (Fsp3) is 0.857. The zero-order valence-corrected chi connectivity index (χ0v) is 26.9. The number of carbonyl (C=O) groups excluding carboxylic acids is 4. The van der Waals surface area contributed by atoms with E-state index in [0.717, 1.165) is 0 Å². The van der Waals surface area contributed by atoms with Crippen molar-refractivity contribution in [2.75, 3.05) is 33.0 Å². The summed E-state index contributed by atoms with van der Waals surface area (Å²) in [4.78, 5) is 52.0. The average molecular weight is 745 g/mol. The number of aliphatic hydroxyl groups is 10. The van der Waals surface area contributed by atoms with E-state index in [4.69, 9.17) is 28.4 Å². The zero-order valence-electron chi connectivity index (χ0n) is 26.9. The molecule has 0 aromatic heterocycles. The first-order chi connectivity index (χ1) is 24.2. The minimum Gasteiger partial charge on any atom is -0.394 e. The van der Waals surface area contributed by atoms with E-state index in [1.54, 1.807) is 0 Å². The fourth-order valence-electron chi connectivity index (χ4n) is 5.54. The van der Waals surface area contributed by atoms with Gasteiger partial charge in [0.1, 0.15) is 73.2 Å². The lowest BCUT2D eigenvalue weighted by Gasteiger charge is -2.46. The Kier molecular flexibility index (Phi) is 14.9. The van der Waals surface area contributed by atoms with Crippen molar-refractivity contribution in [3.8, 4) is 0 Å². The molecule has 0 spiro atoms. The summed E-state index contributed by atoms with van der Waals surface area (Å²) in [5, 5.41) is 105. The number of hydroxylamine groups is 2. The molecule has 51 heavy (non-hydrogen) atoms. The molecule has 11 N–H and O–H groups in total. The lowest BCUT2D eigenvalue weighted by Crippen LogP contribution is -2.65. The van der Waals surface area contributed by atoms with E-state index in [-0.39, 0.29) is 26.0 Å². The summed E-state index contributed by atoms with van der Waals surface area (Å²) in [5.74, 6) is -3.02. The Balaban J connectivity index is 1.36. The summed E-state index contributed by atoms with van der Waals surface area (Å²) >= 11 is 0. The molecule has 4 aliphatic heterocycles. The van der Waals surface area contributed by atoms with Crippen LogP contribution in [0, 0.1) is 0 Å². The van der Waals surface area contributed by atoms with Gasteiger partial charge < -0.3 is 89.6 Å². The molecule has 0 aliphatic carbocycles. The quantitative estimate of drug-likeness (QED) is 0.0548. The molecule has 0 radical (unpaired) electrons. The lowest BCUT2D eigenvalue weighted by molar-refractivity contribution is -0.366. The van der Waals surface area contributed by atoms with E-state index in [9.17, 15) is 70.2 Å². The number of nitrogens with one attached hydrogen (secondary N) is 1. The maximum Gasteiger partial charge on any atom is 0.333 e. The molecular weight excluding hydrogens is 700 g/mol. The molecular formula is C28H44N2O21. The molecule has 0 saturated carbocycles. The van der Waals surface area contributed by atoms with Crippen LogP contribution in [-0.4, -0.2) is 205 Å². The van der Waals surface area contributed by atoms with Crippen molar-refractivity contribution in [2.45, 2.75) is 118 Å². The molecule has 0 bridgehead atoms. The Morgan fingerprint density at radius 3 is 1.78 bits per heavy atom. The summed E-state index contributed by atoms with van der Waals surface area (Å²) < 4.78 is 32.8. The van der Waals surface area contributed by atoms with Gasteiger partial charge in [0.2, 0.25) is 5.91 Å². The van der Waals surface area contributed by atoms with Crippen molar-refractivity contribution in [2.24, 2.45) is 0 Å². The van der Waals surface area contributed by atoms with Gasteiger partial charge in [0.25, 0.3) is 11.8 Å². The van der Waals surface area contributed by atoms with Crippen LogP contribution in [0.25, 0.3) is 0 Å². The summed E-state index contributed by atoms with van der Waals surface area (Å²) in [6, 6.07) is 0. The Labute approximate surface area is 288 Å². The van der Waals surface area contributed by atoms with Crippen LogP contribution in [0.5, 0.6) is 0 Å². The van der Waals surface area contributed by atoms with Gasteiger partial charge in [0, 0.05) is 25.8 Å². The van der Waals surface area contributed by atoms with Crippen LogP contribution in [-0.2, 0) is 52.4 Å². The first-order valence-electron chi connectivity index (χ1n) is 16.0. The van der Waals surface area contributed by atoms with E-state index < -0.39 is 148 Å². The van der Waals surface area contributed by atoms with Crippen LogP contribution in [0.1, 0.15) is 25.7 Å². The van der Waals surface area contributed by atoms with Gasteiger partial charge in [-0.3, -0.25) is 14.4 Å². The molecule has 0 aromatic rings. The topological polar surface area (TPSA) is 350 Å². The van der Waals surface area contributed by atoms with E-state index in [1.807, 2.05) is 0 Å². The van der Waals surface area contributed by atoms with Crippen molar-refractivity contribution >= 4 is 23.7 Å². The molecule has 23 heteroatoms. The second kappa shape index (κ2) is 18.5. The van der Waals surface area contributed by atoms with Crippen molar-refractivity contribution < 1.29 is 104 Å². The number of carbonyl (C=O) groups is 4. The summed E-state index contributed by atoms with van der Waals surface area (Å²) in [6.45, 7) is -2.83. The van der Waals surface area contributed by atoms with Gasteiger partial charge in [-0.05, 0) is 0 Å². The second-order valence-corrected chi connectivity index (χ2v) is 12.1. The van der Waals surface area contributed by atoms with Gasteiger partial charge >= 0.3 is 5.97 Å². The minimum atomic E-state index is -1.93. The van der Waals surface area contributed by atoms with Crippen LogP contribution >= 0.6 is 0 Å². The van der Waals surface area contributed by atoms with Gasteiger partial charge in [-0.25, -0.2) is 4.79 Å². The van der Waals surface area contributed by atoms with Gasteiger partial charge in [-0.1, -0.05) is 0 Å². The Morgan fingerprint density at radius 2 is 1.20 bits per heavy atom. The van der Waals surface area contributed by atoms with Crippen LogP contribution in [0.15, 0.2) is 0 Å². The van der Waals surface area contributed by atoms with Crippen molar-refractivity contribution in [1.82, 2.24) is 10.4 Å². The normalized spacial score (nSPS) is 40.4. The average Bonchev–Trinajstić information content (AvgIpc) is 3.42. The number of rotatable bonds is 15. The molecule has 292 valence electrons. The summed E-state index contributed by atoms with van der Waals surface area (Å²) in [5.41, 5.74) is 0. The Morgan fingerprint density at radius 1 is 0.667 bits per heavy atom. The molecule has 4 heterocycles. The number of aliphatic hydroxyl groups excluding tert-OH is 10. The molecule has 0 unspecified atom stereocenters. The lowest BCUT2D eigenvalue weighted by atomic mass is 9.96. The largest absolute Gasteiger partial charge is 0.394 e. The van der Waals surface area contributed by atoms with Gasteiger partial charge in [-0.2, -0.15) is 0 Å². The maximum atomic E-state index is 12.2. The number of ether oxygens (including phenoxy) is 6. The predicted molar refractivity (Wildman–Crippen MR) is 154 cm³/mol. The first kappa shape index (κ1) is 41.2. The minimum absolute atomic E-state index is 0.0996. The third-order valence-electron chi connectivity index (χ3n) is 8.52. The smallest absolute Gasteiger partial charge is 0.333 e. The molecule has 4 rings (SSSR count). The highest BCUT2D eigenvalue weighted by Crippen LogP contribution is 2.31. The van der Waals surface area contributed by atoms with Gasteiger partial charge in [0.05, 0.1) is 32.8 Å². The van der Waals surface area contributed by atoms with Crippen molar-refractivity contribution in [3.63, 3.8) is 0 Å². The van der Waals surface area contributed by atoms with E-state index in [2.05, 4.69) is 10.2 Å². The van der Waals surface area contributed by atoms with Crippen LogP contribution in [0.3, 0.4) is 0 Å². The number of nitrogens with zero attached hydrogens (tertiary/aromatic N) is 1. The number of imide groups is 1. The molecule has 15 atom stereocenters. The van der Waals surface area contributed by atoms with Gasteiger partial charge in [0.15, 0.2) is 18.9 Å². The zero-order chi connectivity index (χ0) is 37.6. The Hall–Kier alpha value is -2.56. The van der Waals surface area contributed by atoms with Crippen LogP contribution in [0.4, 0.5) is 0 Å². The predicted octanol–water partition coefficient (Wildman–Crippen LogP) is -8.05. The molecule has 4 aliphatic rings. The highest BCUT2D eigenvalue weighted by molar-refractivity contribution is 6.01. The van der Waals surface area contributed by atoms with E-state index in [1.165, 1.54) is 0 Å². The van der Waals surface area contributed by atoms with Crippen molar-refractivity contribution in [1.29, 1.82) is 0 Å². The highest BCUT2D eigenvalue weighted by atomic mass is 16.8. The monoisotopic (exact) mass is 744 g/mol. The maximum absolute atomic E-state index is 12.2. The molecule has 23 nitrogen and oxygen atoms in total. The third kappa shape index (κ3) is 9.91. The molecule has 3 amide bonds. The molecule has 0 aromatic carbocycles. The van der Waals surface area contributed by atoms with E-state index >= 15 is 0 Å². The fourth-order valence-corrected chi connectivity index (χ4v) is 5.54. The van der Waals surface area contributed by atoms with E-state index in [0.29, 0.717) is 5.06 Å². The van der Waals surface area contributed by atoms with Crippen molar-refractivity contribution in [3.05, 3.63) is 0 Å². The Bertz CT molecular complexity index is 1180. The van der Waals surface area contributed by atoms with Crippen LogP contribution in [0.2, 0.25) is 0 Å². The molecule has 4 fully saturated rings. The second-order valence-electron chi connectivity index (χ2n) is 12.1. The number of hydrogen-bond donors (Lipinski definition) is 11. The number of hydrogen-bond acceptors (Lipinski definition) is 21. The van der Waals surface area contributed by atoms with Crippen LogP contribution < -0.4 is 5.32 Å². The number of amides is 3. The van der Waals surface area contributed by atoms with Gasteiger partial charge in [-0.15, -0.1) is 5.06 Å². The first-order valence-corrected chi connectivity index (χ1v) is 16.0. The highest BCUT2D eigenvalue weighted by Gasteiger charge is 2.52. The summed E-state index contributed by atoms with van der Waals surface area (Å²) in [7, 11) is 0.